The molecular weight excluding hydrogens is 236 g/mol. The van der Waals surface area contributed by atoms with Crippen molar-refractivity contribution in [3.05, 3.63) is 0 Å². The molecule has 2 N–H and O–H groups in total. The number of hydrogen-bond donors (Lipinski definition) is 1. The van der Waals surface area contributed by atoms with Crippen LogP contribution in [0.15, 0.2) is 0 Å². The van der Waals surface area contributed by atoms with Gasteiger partial charge in [-0.05, 0) is 25.3 Å². The molecule has 2 fully saturated rings. The highest BCUT2D eigenvalue weighted by Gasteiger charge is 2.30. The van der Waals surface area contributed by atoms with Gasteiger partial charge < -0.3 is 10.6 Å². The zero-order valence-corrected chi connectivity index (χ0v) is 13.0. The lowest BCUT2D eigenvalue weighted by Crippen LogP contribution is -2.54. The van der Waals surface area contributed by atoms with E-state index >= 15 is 0 Å². The maximum absolute atomic E-state index is 5.99. The summed E-state index contributed by atoms with van der Waals surface area (Å²) in [7, 11) is 2.22. The number of piperidine rings is 1. The SMILES string of the molecule is CC1CC(C)C(CN)N(CCN2CCN(C)CC2)C1. The van der Waals surface area contributed by atoms with Crippen molar-refractivity contribution >= 4 is 0 Å². The van der Waals surface area contributed by atoms with Crippen LogP contribution in [0.1, 0.15) is 20.3 Å². The fourth-order valence-electron chi connectivity index (χ4n) is 3.74. The minimum atomic E-state index is 0.601. The number of hydrogen-bond acceptors (Lipinski definition) is 4. The van der Waals surface area contributed by atoms with Crippen molar-refractivity contribution in [2.24, 2.45) is 17.6 Å². The monoisotopic (exact) mass is 268 g/mol. The van der Waals surface area contributed by atoms with Gasteiger partial charge in [0.05, 0.1) is 0 Å². The minimum Gasteiger partial charge on any atom is -0.329 e. The summed E-state index contributed by atoms with van der Waals surface area (Å²) in [6.07, 6.45) is 1.34. The van der Waals surface area contributed by atoms with Crippen molar-refractivity contribution in [1.82, 2.24) is 14.7 Å². The average Bonchev–Trinajstić information content (AvgIpc) is 2.37. The molecule has 3 unspecified atom stereocenters. The number of likely N-dealkylation sites (tertiary alicyclic amines) is 1. The van der Waals surface area contributed by atoms with Crippen molar-refractivity contribution in [3.63, 3.8) is 0 Å². The summed E-state index contributed by atoms with van der Waals surface area (Å²) in [5.41, 5.74) is 5.99. The summed E-state index contributed by atoms with van der Waals surface area (Å²) in [5, 5.41) is 0. The third-order valence-electron chi connectivity index (χ3n) is 4.99. The molecule has 2 aliphatic heterocycles. The largest absolute Gasteiger partial charge is 0.329 e. The van der Waals surface area contributed by atoms with Crippen LogP contribution in [0, 0.1) is 11.8 Å². The van der Waals surface area contributed by atoms with Gasteiger partial charge >= 0.3 is 0 Å². The Bertz CT molecular complexity index is 263. The molecule has 0 spiro atoms. The predicted molar refractivity (Wildman–Crippen MR) is 81.3 cm³/mol. The Morgan fingerprint density at radius 1 is 1.05 bits per heavy atom. The molecule has 2 aliphatic rings. The highest BCUT2D eigenvalue weighted by molar-refractivity contribution is 4.86. The van der Waals surface area contributed by atoms with Crippen LogP contribution in [-0.2, 0) is 0 Å². The van der Waals surface area contributed by atoms with Gasteiger partial charge in [-0.1, -0.05) is 13.8 Å². The smallest absolute Gasteiger partial charge is 0.0244 e. The van der Waals surface area contributed by atoms with Gasteiger partial charge in [0.15, 0.2) is 0 Å². The number of nitrogens with two attached hydrogens (primary N) is 1. The predicted octanol–water partition coefficient (Wildman–Crippen LogP) is 0.539. The Hall–Kier alpha value is -0.160. The molecule has 0 aromatic carbocycles. The summed E-state index contributed by atoms with van der Waals surface area (Å²) in [6.45, 7) is 14.1. The van der Waals surface area contributed by atoms with Crippen molar-refractivity contribution in [2.75, 3.05) is 59.4 Å². The molecule has 0 aromatic heterocycles. The first-order valence-corrected chi connectivity index (χ1v) is 7.95. The summed E-state index contributed by atoms with van der Waals surface area (Å²) in [4.78, 5) is 7.68. The van der Waals surface area contributed by atoms with Crippen LogP contribution in [0.4, 0.5) is 0 Å². The van der Waals surface area contributed by atoms with Gasteiger partial charge in [-0.15, -0.1) is 0 Å². The Morgan fingerprint density at radius 2 is 1.74 bits per heavy atom. The molecule has 0 aliphatic carbocycles. The topological polar surface area (TPSA) is 35.7 Å². The van der Waals surface area contributed by atoms with E-state index in [2.05, 4.69) is 35.6 Å². The maximum Gasteiger partial charge on any atom is 0.0244 e. The van der Waals surface area contributed by atoms with Crippen LogP contribution in [0.25, 0.3) is 0 Å². The lowest BCUT2D eigenvalue weighted by Gasteiger charge is -2.43. The molecule has 0 amide bonds. The molecule has 19 heavy (non-hydrogen) atoms. The molecule has 4 nitrogen and oxygen atoms in total. The first kappa shape index (κ1) is 15.2. The van der Waals surface area contributed by atoms with Crippen molar-refractivity contribution in [1.29, 1.82) is 0 Å². The van der Waals surface area contributed by atoms with Crippen LogP contribution in [0.5, 0.6) is 0 Å². The Kier molecular flexibility index (Phi) is 5.63. The molecule has 0 saturated carbocycles. The Labute approximate surface area is 118 Å². The zero-order valence-electron chi connectivity index (χ0n) is 13.0. The van der Waals surface area contributed by atoms with Gasteiger partial charge in [-0.25, -0.2) is 0 Å². The lowest BCUT2D eigenvalue weighted by atomic mass is 9.85. The Balaban J connectivity index is 1.79. The van der Waals surface area contributed by atoms with Crippen molar-refractivity contribution in [3.8, 4) is 0 Å². The van der Waals surface area contributed by atoms with Crippen LogP contribution in [-0.4, -0.2) is 80.1 Å². The van der Waals surface area contributed by atoms with Gasteiger partial charge in [0.1, 0.15) is 0 Å². The first-order valence-electron chi connectivity index (χ1n) is 7.95. The molecule has 0 bridgehead atoms. The summed E-state index contributed by atoms with van der Waals surface area (Å²) < 4.78 is 0. The van der Waals surface area contributed by atoms with E-state index in [1.807, 2.05) is 0 Å². The molecular formula is C15H32N4. The van der Waals surface area contributed by atoms with Gasteiger partial charge in [0, 0.05) is 58.4 Å². The summed E-state index contributed by atoms with van der Waals surface area (Å²) in [5.74, 6) is 1.58. The third-order valence-corrected chi connectivity index (χ3v) is 4.99. The van der Waals surface area contributed by atoms with Crippen molar-refractivity contribution < 1.29 is 0 Å². The van der Waals surface area contributed by atoms with Crippen LogP contribution < -0.4 is 5.73 Å². The summed E-state index contributed by atoms with van der Waals surface area (Å²) in [6, 6.07) is 0.601. The molecule has 4 heteroatoms. The van der Waals surface area contributed by atoms with Crippen LogP contribution >= 0.6 is 0 Å². The second-order valence-corrected chi connectivity index (χ2v) is 6.76. The van der Waals surface area contributed by atoms with Crippen LogP contribution in [0.2, 0.25) is 0 Å². The average molecular weight is 268 g/mol. The lowest BCUT2D eigenvalue weighted by molar-refractivity contribution is 0.0558. The minimum absolute atomic E-state index is 0.601. The van der Waals surface area contributed by atoms with E-state index in [9.17, 15) is 0 Å². The number of rotatable bonds is 4. The van der Waals surface area contributed by atoms with E-state index < -0.39 is 0 Å². The van der Waals surface area contributed by atoms with Gasteiger partial charge in [0.25, 0.3) is 0 Å². The molecule has 0 radical (unpaired) electrons. The fraction of sp³-hybridized carbons (Fsp3) is 1.00. The standard InChI is InChI=1S/C15H32N4/c1-13-10-14(2)15(11-16)19(12-13)9-8-18-6-4-17(3)5-7-18/h13-15H,4-12,16H2,1-3H3. The number of nitrogens with zero attached hydrogens (tertiary/aromatic N) is 3. The van der Waals surface area contributed by atoms with E-state index in [4.69, 9.17) is 5.73 Å². The van der Waals surface area contributed by atoms with E-state index in [0.29, 0.717) is 6.04 Å². The highest BCUT2D eigenvalue weighted by atomic mass is 15.3. The molecule has 112 valence electrons. The van der Waals surface area contributed by atoms with Gasteiger partial charge in [0.2, 0.25) is 0 Å². The number of likely N-dealkylation sites (N-methyl/N-ethyl adjacent to an activating group) is 1. The van der Waals surface area contributed by atoms with E-state index in [1.54, 1.807) is 0 Å². The molecule has 3 atom stereocenters. The van der Waals surface area contributed by atoms with E-state index in [1.165, 1.54) is 52.2 Å². The van der Waals surface area contributed by atoms with E-state index in [-0.39, 0.29) is 0 Å². The van der Waals surface area contributed by atoms with E-state index in [0.717, 1.165) is 18.4 Å². The first-order chi connectivity index (χ1) is 9.10. The fourth-order valence-corrected chi connectivity index (χ4v) is 3.74. The second kappa shape index (κ2) is 7.02. The summed E-state index contributed by atoms with van der Waals surface area (Å²) >= 11 is 0. The molecule has 2 saturated heterocycles. The second-order valence-electron chi connectivity index (χ2n) is 6.76. The molecule has 2 heterocycles. The Morgan fingerprint density at radius 3 is 2.37 bits per heavy atom. The number of piperazine rings is 1. The maximum atomic E-state index is 5.99. The highest BCUT2D eigenvalue weighted by Crippen LogP contribution is 2.26. The van der Waals surface area contributed by atoms with Gasteiger partial charge in [-0.3, -0.25) is 9.80 Å². The van der Waals surface area contributed by atoms with Crippen LogP contribution in [0.3, 0.4) is 0 Å². The molecule has 2 rings (SSSR count). The molecule has 0 aromatic rings. The third kappa shape index (κ3) is 4.15. The van der Waals surface area contributed by atoms with Gasteiger partial charge in [-0.2, -0.15) is 0 Å². The quantitative estimate of drug-likeness (QED) is 0.807. The normalized spacial score (nSPS) is 35.7. The zero-order chi connectivity index (χ0) is 13.8. The van der Waals surface area contributed by atoms with Crippen molar-refractivity contribution in [2.45, 2.75) is 26.3 Å².